The molecule has 0 aliphatic heterocycles. The molecule has 0 bridgehead atoms. The summed E-state index contributed by atoms with van der Waals surface area (Å²) >= 11 is 0. The topological polar surface area (TPSA) is 112 Å². The van der Waals surface area contributed by atoms with Gasteiger partial charge in [0.25, 0.3) is 0 Å². The van der Waals surface area contributed by atoms with Gasteiger partial charge >= 0.3 is 11.9 Å². The molecule has 30 heavy (non-hydrogen) atoms. The molecule has 0 fully saturated rings. The van der Waals surface area contributed by atoms with Gasteiger partial charge in [0, 0.05) is 5.92 Å². The Labute approximate surface area is 173 Å². The molecule has 0 unspecified atom stereocenters. The van der Waals surface area contributed by atoms with Crippen molar-refractivity contribution in [1.29, 1.82) is 0 Å². The van der Waals surface area contributed by atoms with Crippen molar-refractivity contribution in [2.45, 2.75) is 12.3 Å². The second kappa shape index (κ2) is 8.52. The van der Waals surface area contributed by atoms with Crippen molar-refractivity contribution in [2.75, 3.05) is 28.4 Å². The van der Waals surface area contributed by atoms with Gasteiger partial charge in [-0.25, -0.2) is 0 Å². The number of hydrogen-bond acceptors (Lipinski definition) is 6. The highest BCUT2D eigenvalue weighted by Gasteiger charge is 2.46. The van der Waals surface area contributed by atoms with Gasteiger partial charge in [0.15, 0.2) is 23.0 Å². The van der Waals surface area contributed by atoms with Crippen molar-refractivity contribution < 1.29 is 38.7 Å². The number of carboxylic acids is 2. The Morgan fingerprint density at radius 2 is 1.37 bits per heavy atom. The van der Waals surface area contributed by atoms with Crippen molar-refractivity contribution in [3.05, 3.63) is 47.0 Å². The van der Waals surface area contributed by atoms with E-state index in [1.807, 2.05) is 0 Å². The van der Waals surface area contributed by atoms with E-state index in [2.05, 4.69) is 0 Å². The Balaban J connectivity index is 2.29. The molecule has 0 saturated heterocycles. The fourth-order valence-corrected chi connectivity index (χ4v) is 4.18. The third-order valence-corrected chi connectivity index (χ3v) is 5.58. The molecule has 0 heterocycles. The van der Waals surface area contributed by atoms with Gasteiger partial charge in [0.1, 0.15) is 0 Å². The molecule has 0 saturated carbocycles. The number of carboxylic acid groups (broad SMARTS) is 2. The number of rotatable bonds is 7. The van der Waals surface area contributed by atoms with Crippen LogP contribution in [0, 0.1) is 11.8 Å². The van der Waals surface area contributed by atoms with Gasteiger partial charge < -0.3 is 29.2 Å². The normalized spacial score (nSPS) is 20.1. The van der Waals surface area contributed by atoms with E-state index < -0.39 is 29.7 Å². The van der Waals surface area contributed by atoms with Crippen LogP contribution in [-0.2, 0) is 16.0 Å². The van der Waals surface area contributed by atoms with E-state index in [0.29, 0.717) is 39.7 Å². The zero-order chi connectivity index (χ0) is 22.0. The highest BCUT2D eigenvalue weighted by atomic mass is 16.5. The van der Waals surface area contributed by atoms with Gasteiger partial charge in [-0.1, -0.05) is 6.07 Å². The number of aliphatic carboxylic acids is 2. The minimum atomic E-state index is -1.18. The van der Waals surface area contributed by atoms with E-state index in [9.17, 15) is 19.8 Å². The monoisotopic (exact) mass is 416 g/mol. The maximum atomic E-state index is 12.2. The van der Waals surface area contributed by atoms with Crippen molar-refractivity contribution >= 4 is 11.9 Å². The number of benzene rings is 2. The summed E-state index contributed by atoms with van der Waals surface area (Å²) in [5.41, 5.74) is 2.00. The first-order valence-corrected chi connectivity index (χ1v) is 9.28. The highest BCUT2D eigenvalue weighted by Crippen LogP contribution is 2.48. The molecule has 3 atom stereocenters. The third kappa shape index (κ3) is 3.60. The summed E-state index contributed by atoms with van der Waals surface area (Å²) in [6, 6.07) is 8.54. The third-order valence-electron chi connectivity index (χ3n) is 5.58. The van der Waals surface area contributed by atoms with Crippen molar-refractivity contribution in [3.63, 3.8) is 0 Å². The number of methoxy groups -OCH3 is 4. The summed E-state index contributed by atoms with van der Waals surface area (Å²) in [6.45, 7) is 0. The zero-order valence-electron chi connectivity index (χ0n) is 17.2. The molecule has 2 aromatic carbocycles. The predicted molar refractivity (Wildman–Crippen MR) is 107 cm³/mol. The van der Waals surface area contributed by atoms with E-state index in [-0.39, 0.29) is 6.42 Å². The molecule has 0 spiro atoms. The molecule has 3 rings (SSSR count). The Hall–Kier alpha value is -3.42. The lowest BCUT2D eigenvalue weighted by atomic mass is 9.66. The van der Waals surface area contributed by atoms with Crippen LogP contribution >= 0.6 is 0 Å². The lowest BCUT2D eigenvalue weighted by Crippen LogP contribution is -2.40. The van der Waals surface area contributed by atoms with Crippen molar-refractivity contribution in [3.8, 4) is 23.0 Å². The van der Waals surface area contributed by atoms with Crippen LogP contribution in [0.4, 0.5) is 0 Å². The van der Waals surface area contributed by atoms with Crippen LogP contribution < -0.4 is 18.9 Å². The maximum Gasteiger partial charge on any atom is 0.308 e. The first-order valence-electron chi connectivity index (χ1n) is 9.28. The molecule has 0 aromatic heterocycles. The van der Waals surface area contributed by atoms with Crippen LogP contribution in [0.2, 0.25) is 0 Å². The first kappa shape index (κ1) is 21.3. The molecular formula is C22H24O8. The average Bonchev–Trinajstić information content (AvgIpc) is 2.75. The summed E-state index contributed by atoms with van der Waals surface area (Å²) in [5.74, 6) is -3.52. The smallest absolute Gasteiger partial charge is 0.308 e. The van der Waals surface area contributed by atoms with Gasteiger partial charge in [-0.05, 0) is 47.4 Å². The van der Waals surface area contributed by atoms with Crippen LogP contribution in [0.25, 0.3) is 0 Å². The van der Waals surface area contributed by atoms with Gasteiger partial charge in [0.05, 0.1) is 40.3 Å². The molecule has 0 amide bonds. The fourth-order valence-electron chi connectivity index (χ4n) is 4.18. The molecule has 2 aromatic rings. The lowest BCUT2D eigenvalue weighted by Gasteiger charge is -2.36. The van der Waals surface area contributed by atoms with Crippen molar-refractivity contribution in [2.24, 2.45) is 11.8 Å². The lowest BCUT2D eigenvalue weighted by molar-refractivity contribution is -0.154. The standard InChI is InChI=1S/C22H24O8/c1-27-15-6-5-11(8-16(15)28-2)19-13-10-18(30-4)17(29-3)9-12(13)7-14(21(23)24)20(19)22(25)26/h5-6,8-10,14,19-20H,7H2,1-4H3,(H,23,24)(H,25,26)/t14-,19+,20+/m1/s1. The van der Waals surface area contributed by atoms with Crippen LogP contribution in [-0.4, -0.2) is 50.6 Å². The average molecular weight is 416 g/mol. The van der Waals surface area contributed by atoms with Crippen LogP contribution in [0.15, 0.2) is 30.3 Å². The van der Waals surface area contributed by atoms with E-state index in [4.69, 9.17) is 18.9 Å². The van der Waals surface area contributed by atoms with Gasteiger partial charge in [-0.15, -0.1) is 0 Å². The largest absolute Gasteiger partial charge is 0.493 e. The number of ether oxygens (including phenoxy) is 4. The molecule has 2 N–H and O–H groups in total. The Morgan fingerprint density at radius 1 is 0.800 bits per heavy atom. The summed E-state index contributed by atoms with van der Waals surface area (Å²) in [6.07, 6.45) is 0.0752. The first-order chi connectivity index (χ1) is 14.4. The number of fused-ring (bicyclic) bond motifs is 1. The Morgan fingerprint density at radius 3 is 1.90 bits per heavy atom. The van der Waals surface area contributed by atoms with Crippen LogP contribution in [0.1, 0.15) is 22.6 Å². The molecule has 1 aliphatic carbocycles. The Kier molecular flexibility index (Phi) is 6.05. The Bertz CT molecular complexity index is 968. The summed E-state index contributed by atoms with van der Waals surface area (Å²) in [5, 5.41) is 19.8. The molecular weight excluding hydrogens is 392 g/mol. The van der Waals surface area contributed by atoms with E-state index >= 15 is 0 Å². The van der Waals surface area contributed by atoms with Gasteiger partial charge in [-0.3, -0.25) is 9.59 Å². The highest BCUT2D eigenvalue weighted by molar-refractivity contribution is 5.83. The molecule has 160 valence electrons. The van der Waals surface area contributed by atoms with Gasteiger partial charge in [-0.2, -0.15) is 0 Å². The number of carbonyl (C=O) groups is 2. The minimum absolute atomic E-state index is 0.0752. The molecule has 0 radical (unpaired) electrons. The molecule has 1 aliphatic rings. The van der Waals surface area contributed by atoms with Crippen LogP contribution in [0.3, 0.4) is 0 Å². The fraction of sp³-hybridized carbons (Fsp3) is 0.364. The van der Waals surface area contributed by atoms with Gasteiger partial charge in [0.2, 0.25) is 0 Å². The zero-order valence-corrected chi connectivity index (χ0v) is 17.2. The summed E-state index contributed by atoms with van der Waals surface area (Å²) in [7, 11) is 5.98. The number of hydrogen-bond donors (Lipinski definition) is 2. The maximum absolute atomic E-state index is 12.2. The minimum Gasteiger partial charge on any atom is -0.493 e. The quantitative estimate of drug-likeness (QED) is 0.709. The summed E-state index contributed by atoms with van der Waals surface area (Å²) in [4.78, 5) is 24.2. The second-order valence-corrected chi connectivity index (χ2v) is 7.01. The molecule has 8 nitrogen and oxygen atoms in total. The second-order valence-electron chi connectivity index (χ2n) is 7.01. The predicted octanol–water partition coefficient (Wildman–Crippen LogP) is 2.81. The van der Waals surface area contributed by atoms with E-state index in [0.717, 1.165) is 0 Å². The van der Waals surface area contributed by atoms with Crippen LogP contribution in [0.5, 0.6) is 23.0 Å². The SMILES string of the molecule is COc1ccc([C@H]2c3cc(OC)c(OC)cc3C[C@@H](C(=O)O)[C@@H]2C(=O)O)cc1OC. The molecule has 8 heteroatoms. The van der Waals surface area contributed by atoms with E-state index in [1.165, 1.54) is 28.4 Å². The van der Waals surface area contributed by atoms with Crippen molar-refractivity contribution in [1.82, 2.24) is 0 Å². The summed E-state index contributed by atoms with van der Waals surface area (Å²) < 4.78 is 21.4. The van der Waals surface area contributed by atoms with E-state index in [1.54, 1.807) is 30.3 Å².